The number of hydrogen-bond donors (Lipinski definition) is 3. The molecule has 0 aromatic heterocycles. The maximum Gasteiger partial charge on any atom is 0.251 e. The van der Waals surface area contributed by atoms with Gasteiger partial charge in [-0.1, -0.05) is 6.92 Å². The molecule has 1 fully saturated rings. The first kappa shape index (κ1) is 14.7. The Morgan fingerprint density at radius 3 is 3.00 bits per heavy atom. The minimum absolute atomic E-state index is 0.0909. The number of nitrogens with two attached hydrogens (primary N) is 1. The third kappa shape index (κ3) is 3.42. The van der Waals surface area contributed by atoms with E-state index in [1.807, 2.05) is 6.07 Å². The second kappa shape index (κ2) is 6.61. The quantitative estimate of drug-likeness (QED) is 0.729. The zero-order valence-electron chi connectivity index (χ0n) is 12.3. The Labute approximate surface area is 120 Å². The summed E-state index contributed by atoms with van der Waals surface area (Å²) in [5.74, 6) is -0.0909. The number of anilines is 2. The summed E-state index contributed by atoms with van der Waals surface area (Å²) in [6, 6.07) is 5.76. The minimum Gasteiger partial charge on any atom is -0.397 e. The van der Waals surface area contributed by atoms with Crippen LogP contribution in [0.4, 0.5) is 11.4 Å². The van der Waals surface area contributed by atoms with Gasteiger partial charge >= 0.3 is 0 Å². The van der Waals surface area contributed by atoms with Crippen molar-refractivity contribution in [2.24, 2.45) is 0 Å². The lowest BCUT2D eigenvalue weighted by molar-refractivity contribution is 0.0963. The van der Waals surface area contributed by atoms with Crippen molar-refractivity contribution in [1.29, 1.82) is 0 Å². The predicted octanol–water partition coefficient (Wildman–Crippen LogP) is 1.52. The van der Waals surface area contributed by atoms with Crippen LogP contribution in [0.3, 0.4) is 0 Å². The van der Waals surface area contributed by atoms with E-state index in [1.54, 1.807) is 19.2 Å². The first-order valence-electron chi connectivity index (χ1n) is 7.24. The predicted molar refractivity (Wildman–Crippen MR) is 83.0 cm³/mol. The lowest BCUT2D eigenvalue weighted by Gasteiger charge is -2.33. The molecule has 1 aliphatic heterocycles. The second-order valence-electron chi connectivity index (χ2n) is 5.26. The van der Waals surface area contributed by atoms with Gasteiger partial charge in [-0.25, -0.2) is 0 Å². The van der Waals surface area contributed by atoms with Crippen LogP contribution in [0, 0.1) is 0 Å². The van der Waals surface area contributed by atoms with Crippen molar-refractivity contribution in [3.8, 4) is 0 Å². The van der Waals surface area contributed by atoms with E-state index in [9.17, 15) is 4.79 Å². The molecule has 0 bridgehead atoms. The molecule has 0 radical (unpaired) electrons. The van der Waals surface area contributed by atoms with Gasteiger partial charge in [-0.05, 0) is 44.1 Å². The van der Waals surface area contributed by atoms with Gasteiger partial charge in [0.05, 0.1) is 11.4 Å². The molecule has 20 heavy (non-hydrogen) atoms. The lowest BCUT2D eigenvalue weighted by atomic mass is 10.0. The van der Waals surface area contributed by atoms with Crippen molar-refractivity contribution < 1.29 is 4.79 Å². The Morgan fingerprint density at radius 1 is 1.50 bits per heavy atom. The fourth-order valence-corrected chi connectivity index (χ4v) is 2.65. The van der Waals surface area contributed by atoms with Gasteiger partial charge in [0.1, 0.15) is 0 Å². The molecule has 0 spiro atoms. The highest BCUT2D eigenvalue weighted by Crippen LogP contribution is 2.23. The Balaban J connectivity index is 2.10. The van der Waals surface area contributed by atoms with Gasteiger partial charge in [0.2, 0.25) is 0 Å². The molecule has 1 aliphatic rings. The summed E-state index contributed by atoms with van der Waals surface area (Å²) in [5.41, 5.74) is 8.18. The fraction of sp³-hybridized carbons (Fsp3) is 0.533. The third-order valence-corrected chi connectivity index (χ3v) is 3.85. The van der Waals surface area contributed by atoms with Crippen LogP contribution in [0.15, 0.2) is 18.2 Å². The van der Waals surface area contributed by atoms with Crippen LogP contribution in [-0.2, 0) is 0 Å². The lowest BCUT2D eigenvalue weighted by Crippen LogP contribution is -2.41. The number of likely N-dealkylation sites (tertiary alicyclic amines) is 1. The number of rotatable bonds is 4. The summed E-state index contributed by atoms with van der Waals surface area (Å²) >= 11 is 0. The van der Waals surface area contributed by atoms with Crippen molar-refractivity contribution in [3.05, 3.63) is 23.8 Å². The summed E-state index contributed by atoms with van der Waals surface area (Å²) in [6.45, 7) is 5.46. The van der Waals surface area contributed by atoms with Crippen LogP contribution in [0.25, 0.3) is 0 Å². The maximum absolute atomic E-state index is 11.7. The fourth-order valence-electron chi connectivity index (χ4n) is 2.65. The SMILES string of the molecule is CCN1CCCC(Nc2cc(C(=O)NC)ccc2N)C1. The van der Waals surface area contributed by atoms with Gasteiger partial charge in [-0.3, -0.25) is 4.79 Å². The van der Waals surface area contributed by atoms with E-state index in [0.29, 0.717) is 17.3 Å². The topological polar surface area (TPSA) is 70.4 Å². The summed E-state index contributed by atoms with van der Waals surface area (Å²) in [7, 11) is 1.63. The Morgan fingerprint density at radius 2 is 2.30 bits per heavy atom. The van der Waals surface area contributed by atoms with E-state index >= 15 is 0 Å². The zero-order valence-corrected chi connectivity index (χ0v) is 12.3. The molecule has 1 aromatic carbocycles. The van der Waals surface area contributed by atoms with E-state index in [2.05, 4.69) is 22.5 Å². The summed E-state index contributed by atoms with van der Waals surface area (Å²) in [5, 5.41) is 6.12. The van der Waals surface area contributed by atoms with Gasteiger partial charge in [0, 0.05) is 25.2 Å². The average molecular weight is 276 g/mol. The van der Waals surface area contributed by atoms with Crippen LogP contribution < -0.4 is 16.4 Å². The summed E-state index contributed by atoms with van der Waals surface area (Å²) in [4.78, 5) is 14.1. The Kier molecular flexibility index (Phi) is 4.84. The molecule has 1 unspecified atom stereocenters. The normalized spacial score (nSPS) is 19.6. The molecule has 1 heterocycles. The molecular weight excluding hydrogens is 252 g/mol. The number of benzene rings is 1. The molecule has 0 aliphatic carbocycles. The number of carbonyl (C=O) groups is 1. The molecule has 4 N–H and O–H groups in total. The first-order valence-corrected chi connectivity index (χ1v) is 7.24. The molecule has 5 heteroatoms. The molecule has 0 saturated carbocycles. The number of carbonyl (C=O) groups excluding carboxylic acids is 1. The highest BCUT2D eigenvalue weighted by atomic mass is 16.1. The monoisotopic (exact) mass is 276 g/mol. The van der Waals surface area contributed by atoms with Crippen LogP contribution in [0.5, 0.6) is 0 Å². The highest BCUT2D eigenvalue weighted by molar-refractivity contribution is 5.96. The molecule has 1 saturated heterocycles. The van der Waals surface area contributed by atoms with Crippen molar-refractivity contribution >= 4 is 17.3 Å². The number of nitrogen functional groups attached to an aromatic ring is 1. The van der Waals surface area contributed by atoms with Crippen LogP contribution in [0.2, 0.25) is 0 Å². The average Bonchev–Trinajstić information content (AvgIpc) is 2.49. The van der Waals surface area contributed by atoms with Crippen molar-refractivity contribution in [3.63, 3.8) is 0 Å². The van der Waals surface area contributed by atoms with E-state index < -0.39 is 0 Å². The molecule has 110 valence electrons. The molecule has 5 nitrogen and oxygen atoms in total. The number of hydrogen-bond acceptors (Lipinski definition) is 4. The standard InChI is InChI=1S/C15H24N4O/c1-3-19-8-4-5-12(10-19)18-14-9-11(15(20)17-2)6-7-13(14)16/h6-7,9,12,18H,3-5,8,10,16H2,1-2H3,(H,17,20). The van der Waals surface area contributed by atoms with Crippen LogP contribution >= 0.6 is 0 Å². The number of piperidine rings is 1. The molecule has 2 rings (SSSR count). The first-order chi connectivity index (χ1) is 9.63. The van der Waals surface area contributed by atoms with Gasteiger partial charge in [0.25, 0.3) is 5.91 Å². The summed E-state index contributed by atoms with van der Waals surface area (Å²) < 4.78 is 0. The number of nitrogens with one attached hydrogen (secondary N) is 2. The number of nitrogens with zero attached hydrogens (tertiary/aromatic N) is 1. The van der Waals surface area contributed by atoms with Gasteiger partial charge in [0.15, 0.2) is 0 Å². The van der Waals surface area contributed by atoms with Crippen LogP contribution in [-0.4, -0.2) is 43.5 Å². The van der Waals surface area contributed by atoms with E-state index in [-0.39, 0.29) is 5.91 Å². The second-order valence-corrected chi connectivity index (χ2v) is 5.26. The smallest absolute Gasteiger partial charge is 0.251 e. The molecular formula is C15H24N4O. The van der Waals surface area contributed by atoms with E-state index in [0.717, 1.165) is 25.2 Å². The summed E-state index contributed by atoms with van der Waals surface area (Å²) in [6.07, 6.45) is 2.33. The van der Waals surface area contributed by atoms with Crippen molar-refractivity contribution in [2.75, 3.05) is 37.7 Å². The van der Waals surface area contributed by atoms with Gasteiger partial charge in [-0.15, -0.1) is 0 Å². The van der Waals surface area contributed by atoms with Gasteiger partial charge in [-0.2, -0.15) is 0 Å². The largest absolute Gasteiger partial charge is 0.397 e. The number of amides is 1. The molecule has 1 amide bonds. The zero-order chi connectivity index (χ0) is 14.5. The Bertz CT molecular complexity index is 475. The minimum atomic E-state index is -0.0909. The highest BCUT2D eigenvalue weighted by Gasteiger charge is 2.19. The van der Waals surface area contributed by atoms with E-state index in [1.165, 1.54) is 13.0 Å². The van der Waals surface area contributed by atoms with Crippen LogP contribution in [0.1, 0.15) is 30.1 Å². The van der Waals surface area contributed by atoms with Gasteiger partial charge < -0.3 is 21.3 Å². The third-order valence-electron chi connectivity index (χ3n) is 3.85. The Hall–Kier alpha value is -1.75. The van der Waals surface area contributed by atoms with Crippen molar-refractivity contribution in [1.82, 2.24) is 10.2 Å². The number of likely N-dealkylation sites (N-methyl/N-ethyl adjacent to an activating group) is 1. The van der Waals surface area contributed by atoms with Crippen molar-refractivity contribution in [2.45, 2.75) is 25.8 Å². The van der Waals surface area contributed by atoms with E-state index in [4.69, 9.17) is 5.73 Å². The maximum atomic E-state index is 11.7. The molecule has 1 atom stereocenters. The molecule has 1 aromatic rings.